The highest BCUT2D eigenvalue weighted by atomic mass is 32.2. The third kappa shape index (κ3) is 1.90. The van der Waals surface area contributed by atoms with Gasteiger partial charge in [0.2, 0.25) is 0 Å². The van der Waals surface area contributed by atoms with Gasteiger partial charge in [0.05, 0.1) is 11.4 Å². The van der Waals surface area contributed by atoms with Crippen LogP contribution in [0.15, 0.2) is 0 Å². The second-order valence-electron chi connectivity index (χ2n) is 2.17. The van der Waals surface area contributed by atoms with Gasteiger partial charge in [0.25, 0.3) is 0 Å². The number of aliphatic hydroxyl groups excluding tert-OH is 1. The zero-order chi connectivity index (χ0) is 6.78. The normalized spacial score (nSPS) is 16.0. The first-order valence-corrected chi connectivity index (χ1v) is 3.33. The molecule has 1 unspecified atom stereocenters. The van der Waals surface area contributed by atoms with E-state index in [0.717, 1.165) is 0 Å². The first-order valence-electron chi connectivity index (χ1n) is 2.22. The van der Waals surface area contributed by atoms with Crippen molar-refractivity contribution in [2.24, 2.45) is 0 Å². The molecule has 0 fully saturated rings. The molecule has 0 radical (unpaired) electrons. The maximum atomic E-state index is 10.2. The van der Waals surface area contributed by atoms with Gasteiger partial charge in [-0.25, -0.2) is 4.21 Å². The minimum atomic E-state index is -1.93. The van der Waals surface area contributed by atoms with Crippen LogP contribution in [-0.2, 0) is 11.1 Å². The molecular formula is C4H10O3S. The fourth-order valence-corrected chi connectivity index (χ4v) is 0.166. The smallest absolute Gasteiger partial charge is 0.160 e. The zero-order valence-electron chi connectivity index (χ0n) is 4.92. The molecule has 0 rings (SSSR count). The van der Waals surface area contributed by atoms with E-state index >= 15 is 0 Å². The van der Waals surface area contributed by atoms with Crippen LogP contribution in [0.4, 0.5) is 0 Å². The van der Waals surface area contributed by atoms with E-state index < -0.39 is 15.8 Å². The van der Waals surface area contributed by atoms with Gasteiger partial charge < -0.3 is 9.66 Å². The molecule has 0 spiro atoms. The van der Waals surface area contributed by atoms with E-state index in [1.165, 1.54) is 13.8 Å². The molecule has 0 aromatic rings. The lowest BCUT2D eigenvalue weighted by Gasteiger charge is -2.14. The van der Waals surface area contributed by atoms with Gasteiger partial charge >= 0.3 is 0 Å². The summed E-state index contributed by atoms with van der Waals surface area (Å²) in [4.78, 5) is 0. The van der Waals surface area contributed by atoms with Crippen LogP contribution in [0.25, 0.3) is 0 Å². The molecule has 3 nitrogen and oxygen atoms in total. The molecule has 0 aliphatic carbocycles. The van der Waals surface area contributed by atoms with Gasteiger partial charge in [0, 0.05) is 0 Å². The van der Waals surface area contributed by atoms with E-state index in [1.807, 2.05) is 0 Å². The van der Waals surface area contributed by atoms with Crippen molar-refractivity contribution in [3.05, 3.63) is 0 Å². The van der Waals surface area contributed by atoms with E-state index in [4.69, 9.17) is 9.66 Å². The van der Waals surface area contributed by atoms with Crippen LogP contribution in [-0.4, -0.2) is 25.2 Å². The topological polar surface area (TPSA) is 57.5 Å². The maximum Gasteiger partial charge on any atom is 0.160 e. The molecule has 1 atom stereocenters. The zero-order valence-corrected chi connectivity index (χ0v) is 5.73. The van der Waals surface area contributed by atoms with E-state index in [2.05, 4.69) is 0 Å². The second kappa shape index (κ2) is 2.57. The molecule has 4 heteroatoms. The summed E-state index contributed by atoms with van der Waals surface area (Å²) in [5.41, 5.74) is 0. The molecule has 0 saturated carbocycles. The summed E-state index contributed by atoms with van der Waals surface area (Å²) < 4.78 is 17.7. The van der Waals surface area contributed by atoms with Gasteiger partial charge in [-0.15, -0.1) is 0 Å². The summed E-state index contributed by atoms with van der Waals surface area (Å²) in [6, 6.07) is 0. The van der Waals surface area contributed by atoms with Crippen molar-refractivity contribution in [3.63, 3.8) is 0 Å². The highest BCUT2D eigenvalue weighted by Gasteiger charge is 2.22. The minimum absolute atomic E-state index is 0.268. The van der Waals surface area contributed by atoms with Crippen LogP contribution in [0.3, 0.4) is 0 Å². The van der Waals surface area contributed by atoms with E-state index in [-0.39, 0.29) is 6.61 Å². The van der Waals surface area contributed by atoms with Crippen molar-refractivity contribution in [3.8, 4) is 0 Å². The largest absolute Gasteiger partial charge is 0.395 e. The lowest BCUT2D eigenvalue weighted by molar-refractivity contribution is 0.256. The van der Waals surface area contributed by atoms with E-state index in [1.54, 1.807) is 0 Å². The number of rotatable bonds is 2. The van der Waals surface area contributed by atoms with Gasteiger partial charge in [-0.1, -0.05) is 0 Å². The molecule has 0 heterocycles. The predicted molar refractivity (Wildman–Crippen MR) is 31.9 cm³/mol. The first-order chi connectivity index (χ1) is 3.50. The van der Waals surface area contributed by atoms with Crippen molar-refractivity contribution in [2.75, 3.05) is 6.61 Å². The third-order valence-corrected chi connectivity index (χ3v) is 1.93. The number of hydrogen-bond donors (Lipinski definition) is 2. The molecule has 0 aromatic heterocycles. The molecule has 0 aliphatic heterocycles. The Bertz CT molecular complexity index is 99.5. The van der Waals surface area contributed by atoms with Gasteiger partial charge in [-0.05, 0) is 13.8 Å². The van der Waals surface area contributed by atoms with Crippen molar-refractivity contribution in [2.45, 2.75) is 18.6 Å². The van der Waals surface area contributed by atoms with Crippen LogP contribution >= 0.6 is 0 Å². The monoisotopic (exact) mass is 138 g/mol. The Morgan fingerprint density at radius 2 is 2.00 bits per heavy atom. The lowest BCUT2D eigenvalue weighted by Crippen LogP contribution is -2.30. The molecule has 8 heavy (non-hydrogen) atoms. The average molecular weight is 138 g/mol. The lowest BCUT2D eigenvalue weighted by atomic mass is 10.2. The molecule has 0 saturated heterocycles. The Morgan fingerprint density at radius 1 is 1.62 bits per heavy atom. The Morgan fingerprint density at radius 3 is 2.00 bits per heavy atom. The fraction of sp³-hybridized carbons (Fsp3) is 1.00. The van der Waals surface area contributed by atoms with Gasteiger partial charge in [0.1, 0.15) is 0 Å². The van der Waals surface area contributed by atoms with Crippen LogP contribution in [0, 0.1) is 0 Å². The van der Waals surface area contributed by atoms with Crippen molar-refractivity contribution < 1.29 is 13.9 Å². The summed E-state index contributed by atoms with van der Waals surface area (Å²) >= 11 is -1.93. The highest BCUT2D eigenvalue weighted by molar-refractivity contribution is 7.80. The standard InChI is InChI=1S/C4H10O3S/c1-4(2,3-5)8(6)7/h5H,3H2,1-2H3,(H,6,7). The van der Waals surface area contributed by atoms with Crippen LogP contribution < -0.4 is 0 Å². The maximum absolute atomic E-state index is 10.2. The van der Waals surface area contributed by atoms with Gasteiger partial charge in [-0.3, -0.25) is 0 Å². The number of aliphatic hydroxyl groups is 1. The van der Waals surface area contributed by atoms with Gasteiger partial charge in [0.15, 0.2) is 11.1 Å². The van der Waals surface area contributed by atoms with Crippen LogP contribution in [0.2, 0.25) is 0 Å². The Hall–Kier alpha value is 0.0700. The summed E-state index contributed by atoms with van der Waals surface area (Å²) in [7, 11) is 0. The quantitative estimate of drug-likeness (QED) is 0.527. The SMILES string of the molecule is CC(C)(CO)S(=O)O. The predicted octanol–water partition coefficient (Wildman–Crippen LogP) is -0.0210. The molecule has 0 amide bonds. The van der Waals surface area contributed by atoms with Gasteiger partial charge in [-0.2, -0.15) is 0 Å². The van der Waals surface area contributed by atoms with E-state index in [0.29, 0.717) is 0 Å². The summed E-state index contributed by atoms with van der Waals surface area (Å²) in [5.74, 6) is 0. The van der Waals surface area contributed by atoms with E-state index in [9.17, 15) is 4.21 Å². The van der Waals surface area contributed by atoms with Crippen LogP contribution in [0.5, 0.6) is 0 Å². The van der Waals surface area contributed by atoms with Crippen molar-refractivity contribution >= 4 is 11.1 Å². The Balaban J connectivity index is 3.91. The first kappa shape index (κ1) is 8.07. The summed E-state index contributed by atoms with van der Waals surface area (Å²) in [6.45, 7) is 2.77. The molecule has 0 bridgehead atoms. The third-order valence-electron chi connectivity index (χ3n) is 0.853. The van der Waals surface area contributed by atoms with Crippen molar-refractivity contribution in [1.29, 1.82) is 0 Å². The highest BCUT2D eigenvalue weighted by Crippen LogP contribution is 2.07. The summed E-state index contributed by atoms with van der Waals surface area (Å²) in [6.07, 6.45) is 0. The molecular weight excluding hydrogens is 128 g/mol. The minimum Gasteiger partial charge on any atom is -0.395 e. The second-order valence-corrected chi connectivity index (χ2v) is 3.77. The average Bonchev–Trinajstić information content (AvgIpc) is 1.67. The molecule has 2 N–H and O–H groups in total. The van der Waals surface area contributed by atoms with Crippen LogP contribution in [0.1, 0.15) is 13.8 Å². The Labute approximate surface area is 51.0 Å². The summed E-state index contributed by atoms with van der Waals surface area (Å²) in [5, 5.41) is 8.41. The molecule has 50 valence electrons. The molecule has 0 aliphatic rings. The molecule has 0 aromatic carbocycles. The Kier molecular flexibility index (Phi) is 2.59. The van der Waals surface area contributed by atoms with Crippen molar-refractivity contribution in [1.82, 2.24) is 0 Å². The fourth-order valence-electron chi connectivity index (χ4n) is 0.0552. The number of hydrogen-bond acceptors (Lipinski definition) is 2.